The van der Waals surface area contributed by atoms with Gasteiger partial charge in [0.05, 0.1) is 34.5 Å². The standard InChI is InChI=1S/C27H26ClN9O3/c1-15-10-18(16(2)31-19-4-5-22(28)33-24(19)27(39)40)23-20(11-15)32-21(12-29)25(34-23)36-6-8-37(9-7-36)26(38)17-13-30-35(3)14-17/h4-5,10-11,13-14,16,31H,6-9H2,1-3H3,(H,39,40)/t16-/m1/s1. The number of piperazine rings is 1. The Kier molecular flexibility index (Phi) is 7.23. The number of carbonyl (C=O) groups excluding carboxylic acids is 1. The second kappa shape index (κ2) is 10.8. The molecule has 0 bridgehead atoms. The number of hydrogen-bond donors (Lipinski definition) is 2. The van der Waals surface area contributed by atoms with Gasteiger partial charge in [-0.3, -0.25) is 9.48 Å². The summed E-state index contributed by atoms with van der Waals surface area (Å²) >= 11 is 5.91. The fourth-order valence-electron chi connectivity index (χ4n) is 4.81. The van der Waals surface area contributed by atoms with Crippen molar-refractivity contribution >= 4 is 46.0 Å². The third kappa shape index (κ3) is 5.23. The minimum absolute atomic E-state index is 0.0818. The lowest BCUT2D eigenvalue weighted by molar-refractivity contribution is 0.0690. The van der Waals surface area contributed by atoms with Crippen LogP contribution < -0.4 is 10.2 Å². The van der Waals surface area contributed by atoms with Crippen LogP contribution in [-0.2, 0) is 7.05 Å². The molecule has 0 spiro atoms. The zero-order valence-electron chi connectivity index (χ0n) is 22.1. The maximum absolute atomic E-state index is 12.9. The van der Waals surface area contributed by atoms with E-state index in [9.17, 15) is 20.0 Å². The first-order valence-corrected chi connectivity index (χ1v) is 12.9. The molecule has 1 aliphatic rings. The van der Waals surface area contributed by atoms with Gasteiger partial charge in [0, 0.05) is 45.0 Å². The average Bonchev–Trinajstić information content (AvgIpc) is 3.38. The summed E-state index contributed by atoms with van der Waals surface area (Å²) in [7, 11) is 1.76. The van der Waals surface area contributed by atoms with Crippen LogP contribution in [-0.4, -0.2) is 72.8 Å². The van der Waals surface area contributed by atoms with Crippen molar-refractivity contribution in [1.29, 1.82) is 5.26 Å². The van der Waals surface area contributed by atoms with Crippen LogP contribution in [0.5, 0.6) is 0 Å². The Labute approximate surface area is 234 Å². The molecule has 204 valence electrons. The van der Waals surface area contributed by atoms with Gasteiger partial charge in [0.15, 0.2) is 17.2 Å². The first-order chi connectivity index (χ1) is 19.1. The number of amides is 1. The van der Waals surface area contributed by atoms with Crippen molar-refractivity contribution in [3.63, 3.8) is 0 Å². The molecule has 40 heavy (non-hydrogen) atoms. The van der Waals surface area contributed by atoms with Crippen LogP contribution in [0.25, 0.3) is 11.0 Å². The monoisotopic (exact) mass is 559 g/mol. The van der Waals surface area contributed by atoms with E-state index in [0.29, 0.717) is 54.3 Å². The maximum Gasteiger partial charge on any atom is 0.356 e. The number of nitriles is 1. The highest BCUT2D eigenvalue weighted by molar-refractivity contribution is 6.29. The predicted octanol–water partition coefficient (Wildman–Crippen LogP) is 3.43. The quantitative estimate of drug-likeness (QED) is 0.336. The van der Waals surface area contributed by atoms with Gasteiger partial charge in [-0.05, 0) is 37.6 Å². The van der Waals surface area contributed by atoms with Gasteiger partial charge in [-0.2, -0.15) is 10.4 Å². The van der Waals surface area contributed by atoms with Crippen molar-refractivity contribution in [3.8, 4) is 6.07 Å². The molecule has 0 unspecified atom stereocenters. The highest BCUT2D eigenvalue weighted by Gasteiger charge is 2.27. The summed E-state index contributed by atoms with van der Waals surface area (Å²) in [5.41, 5.74) is 3.70. The number of hydrogen-bond acceptors (Lipinski definition) is 9. The van der Waals surface area contributed by atoms with Gasteiger partial charge < -0.3 is 20.2 Å². The van der Waals surface area contributed by atoms with Gasteiger partial charge >= 0.3 is 5.97 Å². The summed E-state index contributed by atoms with van der Waals surface area (Å²) in [6.45, 7) is 5.68. The number of pyridine rings is 1. The molecule has 1 atom stereocenters. The molecule has 2 N–H and O–H groups in total. The zero-order valence-corrected chi connectivity index (χ0v) is 22.8. The lowest BCUT2D eigenvalue weighted by Crippen LogP contribution is -2.49. The van der Waals surface area contributed by atoms with Gasteiger partial charge in [0.1, 0.15) is 11.2 Å². The molecule has 1 fully saturated rings. The molecule has 1 aliphatic heterocycles. The first-order valence-electron chi connectivity index (χ1n) is 12.6. The van der Waals surface area contributed by atoms with Crippen molar-refractivity contribution < 1.29 is 14.7 Å². The van der Waals surface area contributed by atoms with Crippen LogP contribution in [0.15, 0.2) is 36.7 Å². The second-order valence-corrected chi connectivity index (χ2v) is 10.0. The number of nitrogens with zero attached hydrogens (tertiary/aromatic N) is 8. The number of carboxylic acids is 1. The van der Waals surface area contributed by atoms with Crippen molar-refractivity contribution in [2.75, 3.05) is 36.4 Å². The largest absolute Gasteiger partial charge is 0.476 e. The number of halogens is 1. The van der Waals surface area contributed by atoms with E-state index in [0.717, 1.165) is 11.1 Å². The normalized spacial score (nSPS) is 14.2. The number of aryl methyl sites for hydroxylation is 2. The van der Waals surface area contributed by atoms with E-state index in [1.165, 1.54) is 6.07 Å². The molecule has 13 heteroatoms. The Hall–Kier alpha value is -4.76. The van der Waals surface area contributed by atoms with Crippen LogP contribution in [0, 0.1) is 18.3 Å². The van der Waals surface area contributed by atoms with Gasteiger partial charge in [-0.25, -0.2) is 19.7 Å². The summed E-state index contributed by atoms with van der Waals surface area (Å²) in [4.78, 5) is 41.8. The molecule has 1 saturated heterocycles. The summed E-state index contributed by atoms with van der Waals surface area (Å²) in [5.74, 6) is -0.846. The number of aromatic carboxylic acids is 1. The molecule has 1 amide bonds. The lowest BCUT2D eigenvalue weighted by Gasteiger charge is -2.35. The van der Waals surface area contributed by atoms with Gasteiger partial charge in [0.2, 0.25) is 0 Å². The summed E-state index contributed by atoms with van der Waals surface area (Å²) in [5, 5.41) is 26.9. The number of fused-ring (bicyclic) bond motifs is 1. The number of nitrogens with one attached hydrogen (secondary N) is 1. The van der Waals surface area contributed by atoms with Gasteiger partial charge in [-0.15, -0.1) is 0 Å². The Balaban J connectivity index is 1.45. The van der Waals surface area contributed by atoms with E-state index in [-0.39, 0.29) is 28.5 Å². The number of aromatic nitrogens is 5. The van der Waals surface area contributed by atoms with E-state index >= 15 is 0 Å². The van der Waals surface area contributed by atoms with Crippen molar-refractivity contribution in [1.82, 2.24) is 29.6 Å². The van der Waals surface area contributed by atoms with Crippen LogP contribution in [0.1, 0.15) is 50.6 Å². The predicted molar refractivity (Wildman–Crippen MR) is 149 cm³/mol. The molecule has 0 radical (unpaired) electrons. The smallest absolute Gasteiger partial charge is 0.356 e. The number of benzene rings is 1. The topological polar surface area (TPSA) is 153 Å². The number of rotatable bonds is 6. The third-order valence-corrected chi connectivity index (χ3v) is 6.96. The third-order valence-electron chi connectivity index (χ3n) is 6.75. The average molecular weight is 560 g/mol. The molecule has 1 aromatic carbocycles. The minimum atomic E-state index is -1.20. The molecule has 3 aromatic heterocycles. The van der Waals surface area contributed by atoms with Crippen LogP contribution in [0.2, 0.25) is 5.15 Å². The number of carboxylic acid groups (broad SMARTS) is 1. The van der Waals surface area contributed by atoms with Gasteiger partial charge in [0.25, 0.3) is 5.91 Å². The summed E-state index contributed by atoms with van der Waals surface area (Å²) in [6.07, 6.45) is 3.24. The van der Waals surface area contributed by atoms with E-state index < -0.39 is 5.97 Å². The lowest BCUT2D eigenvalue weighted by atomic mass is 10.0. The molecular weight excluding hydrogens is 534 g/mol. The summed E-state index contributed by atoms with van der Waals surface area (Å²) in [6, 6.07) is 8.70. The first kappa shape index (κ1) is 26.8. The highest BCUT2D eigenvalue weighted by Crippen LogP contribution is 2.31. The van der Waals surface area contributed by atoms with Crippen molar-refractivity contribution in [2.24, 2.45) is 7.05 Å². The van der Waals surface area contributed by atoms with E-state index in [1.54, 1.807) is 35.1 Å². The van der Waals surface area contributed by atoms with Crippen LogP contribution in [0.4, 0.5) is 11.5 Å². The molecular formula is C27H26ClN9O3. The summed E-state index contributed by atoms with van der Waals surface area (Å²) < 4.78 is 1.59. The van der Waals surface area contributed by atoms with Crippen molar-refractivity contribution in [3.05, 3.63) is 69.9 Å². The highest BCUT2D eigenvalue weighted by atomic mass is 35.5. The SMILES string of the molecule is Cc1cc([C@@H](C)Nc2ccc(Cl)nc2C(=O)O)c2nc(N3CCN(C(=O)c4cnn(C)c4)CC3)c(C#N)nc2c1. The number of anilines is 2. The number of carbonyl (C=O) groups is 2. The maximum atomic E-state index is 12.9. The molecule has 4 aromatic rings. The Morgan fingerprint density at radius 1 is 1.15 bits per heavy atom. The molecule has 0 aliphatic carbocycles. The minimum Gasteiger partial charge on any atom is -0.476 e. The Morgan fingerprint density at radius 2 is 1.90 bits per heavy atom. The Morgan fingerprint density at radius 3 is 2.55 bits per heavy atom. The van der Waals surface area contributed by atoms with Crippen LogP contribution >= 0.6 is 11.6 Å². The molecule has 4 heterocycles. The van der Waals surface area contributed by atoms with E-state index in [4.69, 9.17) is 16.6 Å². The van der Waals surface area contributed by atoms with E-state index in [1.807, 2.05) is 30.9 Å². The molecule has 12 nitrogen and oxygen atoms in total. The fraction of sp³-hybridized carbons (Fsp3) is 0.296. The van der Waals surface area contributed by atoms with Gasteiger partial charge in [-0.1, -0.05) is 17.7 Å². The fourth-order valence-corrected chi connectivity index (χ4v) is 4.96. The molecule has 5 rings (SSSR count). The zero-order chi connectivity index (χ0) is 28.6. The molecule has 0 saturated carbocycles. The van der Waals surface area contributed by atoms with Crippen LogP contribution in [0.3, 0.4) is 0 Å². The van der Waals surface area contributed by atoms with E-state index in [2.05, 4.69) is 26.5 Å². The Bertz CT molecular complexity index is 1670. The van der Waals surface area contributed by atoms with Crippen molar-refractivity contribution in [2.45, 2.75) is 19.9 Å². The second-order valence-electron chi connectivity index (χ2n) is 9.61.